The van der Waals surface area contributed by atoms with Crippen molar-refractivity contribution >= 4 is 5.78 Å². The molecule has 0 aliphatic rings. The van der Waals surface area contributed by atoms with E-state index in [1.807, 2.05) is 12.1 Å². The molecule has 2 aromatic rings. The molecule has 0 atom stereocenters. The number of rotatable bonds is 3. The van der Waals surface area contributed by atoms with Gasteiger partial charge in [0.25, 0.3) is 0 Å². The molecule has 2 heteroatoms. The highest BCUT2D eigenvalue weighted by Crippen LogP contribution is 2.22. The lowest BCUT2D eigenvalue weighted by molar-refractivity contribution is 0.0992. The summed E-state index contributed by atoms with van der Waals surface area (Å²) in [6.45, 7) is 8.25. The van der Waals surface area contributed by atoms with E-state index in [2.05, 4.69) is 32.9 Å². The van der Waals surface area contributed by atoms with Crippen molar-refractivity contribution in [2.45, 2.75) is 39.5 Å². The first kappa shape index (κ1) is 15.4. The summed E-state index contributed by atoms with van der Waals surface area (Å²) in [5.74, 6) is -0.283. The minimum absolute atomic E-state index is 0.0241. The number of benzene rings is 2. The number of halogens is 1. The van der Waals surface area contributed by atoms with Gasteiger partial charge in [0, 0.05) is 12.0 Å². The molecule has 0 N–H and O–H groups in total. The number of ketones is 1. The third kappa shape index (κ3) is 3.78. The van der Waals surface area contributed by atoms with Crippen molar-refractivity contribution in [1.29, 1.82) is 0 Å². The molecular formula is C19H21FO. The second-order valence-electron chi connectivity index (χ2n) is 6.51. The van der Waals surface area contributed by atoms with Gasteiger partial charge in [0.05, 0.1) is 0 Å². The topological polar surface area (TPSA) is 17.1 Å². The summed E-state index contributed by atoms with van der Waals surface area (Å²) >= 11 is 0. The van der Waals surface area contributed by atoms with Crippen molar-refractivity contribution in [1.82, 2.24) is 0 Å². The standard InChI is InChI=1S/C19H21FO/c1-13-11-16(20)9-10-17(13)18(21)12-14-5-7-15(8-6-14)19(2,3)4/h5-11H,12H2,1-4H3. The maximum absolute atomic E-state index is 13.1. The van der Waals surface area contributed by atoms with Crippen molar-refractivity contribution < 1.29 is 9.18 Å². The van der Waals surface area contributed by atoms with Gasteiger partial charge in [-0.05, 0) is 47.2 Å². The van der Waals surface area contributed by atoms with Gasteiger partial charge in [-0.25, -0.2) is 4.39 Å². The van der Waals surface area contributed by atoms with Crippen LogP contribution in [0.15, 0.2) is 42.5 Å². The first-order chi connectivity index (χ1) is 9.77. The van der Waals surface area contributed by atoms with Crippen LogP contribution in [0.1, 0.15) is 47.8 Å². The lowest BCUT2D eigenvalue weighted by Crippen LogP contribution is -2.11. The monoisotopic (exact) mass is 284 g/mol. The SMILES string of the molecule is Cc1cc(F)ccc1C(=O)Cc1ccc(C(C)(C)C)cc1. The van der Waals surface area contributed by atoms with Gasteiger partial charge >= 0.3 is 0 Å². The third-order valence-corrected chi connectivity index (χ3v) is 3.67. The summed E-state index contributed by atoms with van der Waals surface area (Å²) in [7, 11) is 0. The molecule has 0 saturated carbocycles. The molecule has 0 bridgehead atoms. The number of carbonyl (C=O) groups is 1. The molecule has 0 spiro atoms. The van der Waals surface area contributed by atoms with Crippen molar-refractivity contribution in [3.8, 4) is 0 Å². The van der Waals surface area contributed by atoms with Gasteiger partial charge in [0.1, 0.15) is 5.82 Å². The number of hydrogen-bond donors (Lipinski definition) is 0. The van der Waals surface area contributed by atoms with E-state index in [-0.39, 0.29) is 17.0 Å². The first-order valence-electron chi connectivity index (χ1n) is 7.16. The van der Waals surface area contributed by atoms with Crippen LogP contribution >= 0.6 is 0 Å². The summed E-state index contributed by atoms with van der Waals surface area (Å²) in [5.41, 5.74) is 3.62. The van der Waals surface area contributed by atoms with Gasteiger partial charge in [0.15, 0.2) is 5.78 Å². The van der Waals surface area contributed by atoms with Gasteiger partial charge in [0.2, 0.25) is 0 Å². The van der Waals surface area contributed by atoms with Crippen molar-refractivity contribution in [2.75, 3.05) is 0 Å². The van der Waals surface area contributed by atoms with E-state index < -0.39 is 0 Å². The maximum atomic E-state index is 13.1. The molecule has 0 heterocycles. The maximum Gasteiger partial charge on any atom is 0.167 e. The van der Waals surface area contributed by atoms with E-state index >= 15 is 0 Å². The summed E-state index contributed by atoms with van der Waals surface area (Å²) in [5, 5.41) is 0. The van der Waals surface area contributed by atoms with Crippen LogP contribution in [0.2, 0.25) is 0 Å². The lowest BCUT2D eigenvalue weighted by atomic mass is 9.86. The van der Waals surface area contributed by atoms with Gasteiger partial charge < -0.3 is 0 Å². The Balaban J connectivity index is 2.16. The van der Waals surface area contributed by atoms with E-state index in [0.717, 1.165) is 5.56 Å². The Bertz CT molecular complexity index is 648. The van der Waals surface area contributed by atoms with Crippen LogP contribution < -0.4 is 0 Å². The Morgan fingerprint density at radius 1 is 1.05 bits per heavy atom. The molecule has 0 radical (unpaired) electrons. The second kappa shape index (κ2) is 5.80. The largest absolute Gasteiger partial charge is 0.294 e. The van der Waals surface area contributed by atoms with Crippen LogP contribution in [0, 0.1) is 12.7 Å². The molecule has 2 aromatic carbocycles. The molecule has 0 aliphatic carbocycles. The van der Waals surface area contributed by atoms with Gasteiger partial charge in [-0.3, -0.25) is 4.79 Å². The van der Waals surface area contributed by atoms with Gasteiger partial charge in [-0.2, -0.15) is 0 Å². The smallest absolute Gasteiger partial charge is 0.167 e. The average Bonchev–Trinajstić information content (AvgIpc) is 2.38. The predicted molar refractivity (Wildman–Crippen MR) is 84.3 cm³/mol. The quantitative estimate of drug-likeness (QED) is 0.736. The average molecular weight is 284 g/mol. The molecule has 2 rings (SSSR count). The molecule has 0 aromatic heterocycles. The summed E-state index contributed by atoms with van der Waals surface area (Å²) in [6, 6.07) is 12.4. The molecule has 0 fully saturated rings. The molecule has 1 nitrogen and oxygen atoms in total. The number of carbonyl (C=O) groups excluding carboxylic acids is 1. The van der Waals surface area contributed by atoms with Crippen LogP contribution in [0.3, 0.4) is 0 Å². The van der Waals surface area contributed by atoms with Crippen molar-refractivity contribution in [3.05, 3.63) is 70.5 Å². The Morgan fingerprint density at radius 2 is 1.67 bits per heavy atom. The number of aryl methyl sites for hydroxylation is 1. The van der Waals surface area contributed by atoms with Crippen LogP contribution in [-0.4, -0.2) is 5.78 Å². The van der Waals surface area contributed by atoms with Crippen molar-refractivity contribution in [2.24, 2.45) is 0 Å². The Morgan fingerprint density at radius 3 is 2.19 bits per heavy atom. The van der Waals surface area contributed by atoms with Crippen LogP contribution in [0.25, 0.3) is 0 Å². The fourth-order valence-corrected chi connectivity index (χ4v) is 2.34. The Labute approximate surface area is 125 Å². The summed E-state index contributed by atoms with van der Waals surface area (Å²) < 4.78 is 13.1. The Hall–Kier alpha value is -1.96. The fraction of sp³-hybridized carbons (Fsp3) is 0.316. The molecule has 0 aliphatic heterocycles. The van der Waals surface area contributed by atoms with Gasteiger partial charge in [-0.15, -0.1) is 0 Å². The van der Waals surface area contributed by atoms with E-state index in [1.54, 1.807) is 13.0 Å². The molecule has 0 saturated heterocycles. The minimum atomic E-state index is -0.307. The highest BCUT2D eigenvalue weighted by Gasteiger charge is 2.14. The molecule has 0 amide bonds. The minimum Gasteiger partial charge on any atom is -0.294 e. The second-order valence-corrected chi connectivity index (χ2v) is 6.51. The highest BCUT2D eigenvalue weighted by atomic mass is 19.1. The predicted octanol–water partition coefficient (Wildman–Crippen LogP) is 4.86. The normalized spacial score (nSPS) is 11.5. The van der Waals surface area contributed by atoms with E-state index in [1.165, 1.54) is 17.7 Å². The molecule has 21 heavy (non-hydrogen) atoms. The lowest BCUT2D eigenvalue weighted by Gasteiger charge is -2.19. The fourth-order valence-electron chi connectivity index (χ4n) is 2.34. The third-order valence-electron chi connectivity index (χ3n) is 3.67. The molecular weight excluding hydrogens is 263 g/mol. The van der Waals surface area contributed by atoms with Crippen molar-refractivity contribution in [3.63, 3.8) is 0 Å². The first-order valence-corrected chi connectivity index (χ1v) is 7.16. The zero-order chi connectivity index (χ0) is 15.6. The summed E-state index contributed by atoms with van der Waals surface area (Å²) in [4.78, 5) is 12.3. The molecule has 110 valence electrons. The van der Waals surface area contributed by atoms with Crippen LogP contribution in [0.5, 0.6) is 0 Å². The van der Waals surface area contributed by atoms with E-state index in [9.17, 15) is 9.18 Å². The zero-order valence-corrected chi connectivity index (χ0v) is 13.0. The van der Waals surface area contributed by atoms with E-state index in [0.29, 0.717) is 17.5 Å². The highest BCUT2D eigenvalue weighted by molar-refractivity contribution is 5.98. The van der Waals surface area contributed by atoms with Gasteiger partial charge in [-0.1, -0.05) is 45.0 Å². The zero-order valence-electron chi connectivity index (χ0n) is 13.0. The number of Topliss-reactive ketones (excluding diaryl/α,β-unsaturated/α-hetero) is 1. The Kier molecular flexibility index (Phi) is 4.26. The molecule has 0 unspecified atom stereocenters. The van der Waals surface area contributed by atoms with Crippen LogP contribution in [-0.2, 0) is 11.8 Å². The number of hydrogen-bond acceptors (Lipinski definition) is 1. The van der Waals surface area contributed by atoms with Crippen LogP contribution in [0.4, 0.5) is 4.39 Å². The summed E-state index contributed by atoms with van der Waals surface area (Å²) in [6.07, 6.45) is 0.344. The van der Waals surface area contributed by atoms with E-state index in [4.69, 9.17) is 0 Å².